The summed E-state index contributed by atoms with van der Waals surface area (Å²) in [6.45, 7) is 0.665. The highest BCUT2D eigenvalue weighted by molar-refractivity contribution is 7.17. The summed E-state index contributed by atoms with van der Waals surface area (Å²) in [7, 11) is 0. The minimum absolute atomic E-state index is 0.110. The highest BCUT2D eigenvalue weighted by Crippen LogP contribution is 2.26. The van der Waals surface area contributed by atoms with E-state index in [2.05, 4.69) is 20.6 Å². The molecular weight excluding hydrogens is 312 g/mol. The number of aromatic nitrogens is 2. The number of anilines is 1. The maximum atomic E-state index is 12.4. The summed E-state index contributed by atoms with van der Waals surface area (Å²) in [5.41, 5.74) is 2.14. The average Bonchev–Trinajstić information content (AvgIpc) is 3.11. The van der Waals surface area contributed by atoms with Gasteiger partial charge in [0.15, 0.2) is 5.13 Å². The fraction of sp³-hybridized carbons (Fsp3) is 0.188. The standard InChI is InChI=1S/C16H14N4O2S/c21-14(12-8-9-4-1-2-5-10(9)18-12)20-16-19-11-6-3-7-17-15(22)13(11)23-16/h1-2,4-5,8,18H,3,6-7H2,(H,17,22)(H,19,20,21). The molecule has 3 heterocycles. The van der Waals surface area contributed by atoms with Crippen LogP contribution in [0.3, 0.4) is 0 Å². The normalized spacial score (nSPS) is 14.2. The van der Waals surface area contributed by atoms with E-state index in [0.29, 0.717) is 22.2 Å². The van der Waals surface area contributed by atoms with Crippen LogP contribution < -0.4 is 10.6 Å². The molecule has 0 bridgehead atoms. The number of para-hydroxylation sites is 1. The first-order valence-electron chi connectivity index (χ1n) is 7.38. The fourth-order valence-corrected chi connectivity index (χ4v) is 3.57. The molecule has 4 rings (SSSR count). The molecule has 3 aromatic rings. The lowest BCUT2D eigenvalue weighted by Crippen LogP contribution is -2.21. The Labute approximate surface area is 135 Å². The number of hydrogen-bond donors (Lipinski definition) is 3. The van der Waals surface area contributed by atoms with Crippen molar-refractivity contribution in [3.63, 3.8) is 0 Å². The molecule has 0 radical (unpaired) electrons. The third kappa shape index (κ3) is 2.59. The Bertz CT molecular complexity index is 879. The lowest BCUT2D eigenvalue weighted by molar-refractivity contribution is 0.0958. The van der Waals surface area contributed by atoms with E-state index < -0.39 is 0 Å². The van der Waals surface area contributed by atoms with Gasteiger partial charge in [-0.1, -0.05) is 29.5 Å². The monoisotopic (exact) mass is 326 g/mol. The van der Waals surface area contributed by atoms with Gasteiger partial charge >= 0.3 is 0 Å². The average molecular weight is 326 g/mol. The third-order valence-electron chi connectivity index (χ3n) is 3.77. The van der Waals surface area contributed by atoms with Crippen molar-refractivity contribution in [2.45, 2.75) is 12.8 Å². The van der Waals surface area contributed by atoms with Gasteiger partial charge in [-0.15, -0.1) is 0 Å². The van der Waals surface area contributed by atoms with Crippen LogP contribution in [-0.2, 0) is 6.42 Å². The minimum Gasteiger partial charge on any atom is -0.351 e. The molecule has 2 aromatic heterocycles. The topological polar surface area (TPSA) is 86.9 Å². The lowest BCUT2D eigenvalue weighted by atomic mass is 10.2. The smallest absolute Gasteiger partial charge is 0.273 e. The molecule has 0 saturated carbocycles. The first kappa shape index (κ1) is 14.0. The number of carbonyl (C=O) groups is 2. The maximum Gasteiger partial charge on any atom is 0.273 e. The van der Waals surface area contributed by atoms with Gasteiger partial charge in [0.2, 0.25) is 0 Å². The van der Waals surface area contributed by atoms with Gasteiger partial charge in [0.05, 0.1) is 5.69 Å². The Balaban J connectivity index is 1.59. The zero-order valence-electron chi connectivity index (χ0n) is 12.2. The number of thiazole rings is 1. The summed E-state index contributed by atoms with van der Waals surface area (Å²) in [4.78, 5) is 32.4. The molecular formula is C16H14N4O2S. The number of benzene rings is 1. The Hall–Kier alpha value is -2.67. The summed E-state index contributed by atoms with van der Waals surface area (Å²) in [5.74, 6) is -0.369. The van der Waals surface area contributed by atoms with Crippen LogP contribution in [0.2, 0.25) is 0 Å². The van der Waals surface area contributed by atoms with Crippen molar-refractivity contribution >= 4 is 39.2 Å². The quantitative estimate of drug-likeness (QED) is 0.676. The number of aromatic amines is 1. The van der Waals surface area contributed by atoms with Crippen LogP contribution in [0.15, 0.2) is 30.3 Å². The van der Waals surface area contributed by atoms with Crippen LogP contribution in [-0.4, -0.2) is 28.3 Å². The Morgan fingerprint density at radius 3 is 3.04 bits per heavy atom. The predicted molar refractivity (Wildman–Crippen MR) is 89.0 cm³/mol. The van der Waals surface area contributed by atoms with Crippen LogP contribution in [0.25, 0.3) is 10.9 Å². The molecule has 2 amide bonds. The largest absolute Gasteiger partial charge is 0.351 e. The van der Waals surface area contributed by atoms with Crippen molar-refractivity contribution in [3.05, 3.63) is 46.6 Å². The molecule has 0 atom stereocenters. The maximum absolute atomic E-state index is 12.4. The Morgan fingerprint density at radius 2 is 2.17 bits per heavy atom. The van der Waals surface area contributed by atoms with Gasteiger partial charge in [-0.3, -0.25) is 14.9 Å². The minimum atomic E-state index is -0.259. The Morgan fingerprint density at radius 1 is 1.30 bits per heavy atom. The molecule has 3 N–H and O–H groups in total. The third-order valence-corrected chi connectivity index (χ3v) is 4.79. The van der Waals surface area contributed by atoms with E-state index in [1.807, 2.05) is 24.3 Å². The molecule has 1 aromatic carbocycles. The number of hydrogen-bond acceptors (Lipinski definition) is 4. The zero-order chi connectivity index (χ0) is 15.8. The van der Waals surface area contributed by atoms with Crippen LogP contribution in [0.5, 0.6) is 0 Å². The molecule has 1 aliphatic rings. The number of rotatable bonds is 2. The van der Waals surface area contributed by atoms with E-state index in [-0.39, 0.29) is 11.8 Å². The van der Waals surface area contributed by atoms with E-state index in [0.717, 1.165) is 29.4 Å². The van der Waals surface area contributed by atoms with Gasteiger partial charge < -0.3 is 10.3 Å². The summed E-state index contributed by atoms with van der Waals surface area (Å²) in [5, 5.41) is 7.04. The van der Waals surface area contributed by atoms with E-state index >= 15 is 0 Å². The number of nitrogens with zero attached hydrogens (tertiary/aromatic N) is 1. The van der Waals surface area contributed by atoms with Crippen LogP contribution in [0, 0.1) is 0 Å². The van der Waals surface area contributed by atoms with Crippen molar-refractivity contribution in [2.75, 3.05) is 11.9 Å². The van der Waals surface area contributed by atoms with Crippen LogP contribution >= 0.6 is 11.3 Å². The summed E-state index contributed by atoms with van der Waals surface area (Å²) in [6, 6.07) is 9.50. The summed E-state index contributed by atoms with van der Waals surface area (Å²) >= 11 is 1.22. The lowest BCUT2D eigenvalue weighted by Gasteiger charge is -1.99. The first-order valence-corrected chi connectivity index (χ1v) is 8.19. The molecule has 23 heavy (non-hydrogen) atoms. The number of nitrogens with one attached hydrogen (secondary N) is 3. The predicted octanol–water partition coefficient (Wildman–Crippen LogP) is 2.55. The van der Waals surface area contributed by atoms with Gasteiger partial charge in [-0.2, -0.15) is 0 Å². The van der Waals surface area contributed by atoms with Crippen molar-refractivity contribution < 1.29 is 9.59 Å². The molecule has 7 heteroatoms. The highest BCUT2D eigenvalue weighted by Gasteiger charge is 2.21. The number of amides is 2. The number of aryl methyl sites for hydroxylation is 1. The zero-order valence-corrected chi connectivity index (χ0v) is 13.0. The van der Waals surface area contributed by atoms with Gasteiger partial charge in [0.1, 0.15) is 10.6 Å². The molecule has 0 spiro atoms. The highest BCUT2D eigenvalue weighted by atomic mass is 32.1. The molecule has 6 nitrogen and oxygen atoms in total. The van der Waals surface area contributed by atoms with Gasteiger partial charge in [0, 0.05) is 17.4 Å². The number of fused-ring (bicyclic) bond motifs is 2. The molecule has 0 fully saturated rings. The van der Waals surface area contributed by atoms with Gasteiger partial charge in [0.25, 0.3) is 11.8 Å². The number of H-pyrrole nitrogens is 1. The SMILES string of the molecule is O=C(Nc1nc2c(s1)C(=O)NCCC2)c1cc2ccccc2[nH]1. The second-order valence-electron chi connectivity index (χ2n) is 5.38. The van der Waals surface area contributed by atoms with E-state index in [9.17, 15) is 9.59 Å². The second kappa shape index (κ2) is 5.51. The summed E-state index contributed by atoms with van der Waals surface area (Å²) in [6.07, 6.45) is 1.60. The molecule has 0 unspecified atom stereocenters. The molecule has 0 aliphatic carbocycles. The van der Waals surface area contributed by atoms with Crippen molar-refractivity contribution in [2.24, 2.45) is 0 Å². The van der Waals surface area contributed by atoms with Gasteiger partial charge in [-0.25, -0.2) is 4.98 Å². The van der Waals surface area contributed by atoms with Crippen molar-refractivity contribution in [1.29, 1.82) is 0 Å². The summed E-state index contributed by atoms with van der Waals surface area (Å²) < 4.78 is 0. The van der Waals surface area contributed by atoms with E-state index in [1.54, 1.807) is 6.07 Å². The first-order chi connectivity index (χ1) is 11.2. The van der Waals surface area contributed by atoms with Crippen LogP contribution in [0.4, 0.5) is 5.13 Å². The molecule has 0 saturated heterocycles. The second-order valence-corrected chi connectivity index (χ2v) is 6.38. The fourth-order valence-electron chi connectivity index (χ4n) is 2.65. The van der Waals surface area contributed by atoms with Crippen molar-refractivity contribution in [3.8, 4) is 0 Å². The Kier molecular flexibility index (Phi) is 3.34. The molecule has 1 aliphatic heterocycles. The van der Waals surface area contributed by atoms with Crippen LogP contribution in [0.1, 0.15) is 32.3 Å². The van der Waals surface area contributed by atoms with E-state index in [4.69, 9.17) is 0 Å². The molecule has 116 valence electrons. The van der Waals surface area contributed by atoms with Gasteiger partial charge in [-0.05, 0) is 25.0 Å². The number of carbonyl (C=O) groups excluding carboxylic acids is 2. The van der Waals surface area contributed by atoms with Crippen molar-refractivity contribution in [1.82, 2.24) is 15.3 Å². The van der Waals surface area contributed by atoms with E-state index in [1.165, 1.54) is 11.3 Å².